The summed E-state index contributed by atoms with van der Waals surface area (Å²) in [7, 11) is 0. The van der Waals surface area contributed by atoms with Gasteiger partial charge in [-0.1, -0.05) is 97.1 Å². The Labute approximate surface area is 498 Å². The maximum Gasteiger partial charge on any atom is 0.0980 e. The minimum Gasteiger partial charge on any atom is -0.256 e. The first kappa shape index (κ1) is 55.9. The number of nitrogens with zero attached hydrogens (tertiary/aromatic N) is 12. The predicted octanol–water partition coefficient (Wildman–Crippen LogP) is 16.8. The summed E-state index contributed by atoms with van der Waals surface area (Å²) in [6.45, 7) is 0. The number of rotatable bonds is 8. The summed E-state index contributed by atoms with van der Waals surface area (Å²) >= 11 is 0. The Kier molecular flexibility index (Phi) is 18.9. The van der Waals surface area contributed by atoms with E-state index in [1.807, 2.05) is 194 Å². The average molecular weight is 1110 g/mol. The van der Waals surface area contributed by atoms with Gasteiger partial charge < -0.3 is 0 Å². The number of benzene rings is 3. The highest BCUT2D eigenvalue weighted by Crippen LogP contribution is 2.31. The lowest BCUT2D eigenvalue weighted by Gasteiger charge is -2.06. The SMILES string of the molecule is c1ccc(-c2cccnc2-c2ccccn2)nc1.c1ccc(-c2cccnc2-c2ccccn2)nc1.c1ccc(-c2cccnc2-c2ccccn2)nc1.c1ccc(-c2cccnc2-c2ccccn2)nc1.c1ccc2cc3ccccc3cc2c1. The van der Waals surface area contributed by atoms with Gasteiger partial charge in [0.2, 0.25) is 0 Å². The van der Waals surface area contributed by atoms with Gasteiger partial charge in [-0.25, -0.2) is 0 Å². The van der Waals surface area contributed by atoms with Crippen molar-refractivity contribution in [2.45, 2.75) is 0 Å². The molecule has 0 radical (unpaired) electrons. The van der Waals surface area contributed by atoms with Crippen LogP contribution in [0.25, 0.3) is 112 Å². The molecule has 0 bridgehead atoms. The van der Waals surface area contributed by atoms with E-state index in [0.717, 1.165) is 90.6 Å². The lowest BCUT2D eigenvalue weighted by Crippen LogP contribution is -1.92. The third-order valence-electron chi connectivity index (χ3n) is 13.2. The molecule has 410 valence electrons. The zero-order chi connectivity index (χ0) is 58.2. The molecule has 0 aliphatic rings. The van der Waals surface area contributed by atoms with E-state index in [4.69, 9.17) is 0 Å². The van der Waals surface area contributed by atoms with Crippen LogP contribution in [0.4, 0.5) is 0 Å². The molecular formula is C74H54N12. The van der Waals surface area contributed by atoms with E-state index < -0.39 is 0 Å². The summed E-state index contributed by atoms with van der Waals surface area (Å²) in [5.41, 5.74) is 14.5. The van der Waals surface area contributed by atoms with Crippen LogP contribution in [0, 0.1) is 0 Å². The highest BCUT2D eigenvalue weighted by atomic mass is 14.8. The molecule has 0 unspecified atom stereocenters. The van der Waals surface area contributed by atoms with Crippen molar-refractivity contribution in [2.75, 3.05) is 0 Å². The van der Waals surface area contributed by atoms with Gasteiger partial charge in [0, 0.05) is 96.6 Å². The zero-order valence-electron chi connectivity index (χ0n) is 46.5. The van der Waals surface area contributed by atoms with E-state index in [2.05, 4.69) is 120 Å². The molecule has 12 nitrogen and oxygen atoms in total. The fourth-order valence-corrected chi connectivity index (χ4v) is 9.25. The molecule has 86 heavy (non-hydrogen) atoms. The highest BCUT2D eigenvalue weighted by molar-refractivity contribution is 5.98. The molecular weight excluding hydrogens is 1060 g/mol. The van der Waals surface area contributed by atoms with Crippen LogP contribution in [0.3, 0.4) is 0 Å². The molecule has 12 aromatic heterocycles. The van der Waals surface area contributed by atoms with Gasteiger partial charge in [-0.3, -0.25) is 59.8 Å². The summed E-state index contributed by atoms with van der Waals surface area (Å²) in [6, 6.07) is 83.7. The lowest BCUT2D eigenvalue weighted by molar-refractivity contribution is 1.23. The second-order valence-corrected chi connectivity index (χ2v) is 18.9. The highest BCUT2D eigenvalue weighted by Gasteiger charge is 2.13. The van der Waals surface area contributed by atoms with Gasteiger partial charge in [-0.15, -0.1) is 0 Å². The molecule has 0 saturated carbocycles. The van der Waals surface area contributed by atoms with Gasteiger partial charge in [-0.2, -0.15) is 0 Å². The summed E-state index contributed by atoms with van der Waals surface area (Å²) in [6.07, 6.45) is 21.3. The Hall–Kier alpha value is -12.0. The van der Waals surface area contributed by atoms with Crippen LogP contribution in [-0.4, -0.2) is 59.8 Å². The Morgan fingerprint density at radius 2 is 0.314 bits per heavy atom. The molecule has 0 aliphatic heterocycles. The van der Waals surface area contributed by atoms with Crippen molar-refractivity contribution < 1.29 is 0 Å². The van der Waals surface area contributed by atoms with Gasteiger partial charge in [-0.05, 0) is 179 Å². The Morgan fingerprint density at radius 1 is 0.140 bits per heavy atom. The summed E-state index contributed by atoms with van der Waals surface area (Å²) in [4.78, 5) is 52.5. The Morgan fingerprint density at radius 3 is 0.500 bits per heavy atom. The first-order chi connectivity index (χ1) is 42.7. The van der Waals surface area contributed by atoms with Crippen molar-refractivity contribution >= 4 is 21.5 Å². The molecule has 0 N–H and O–H groups in total. The van der Waals surface area contributed by atoms with Crippen LogP contribution < -0.4 is 0 Å². The van der Waals surface area contributed by atoms with Gasteiger partial charge in [0.05, 0.1) is 68.3 Å². The van der Waals surface area contributed by atoms with Crippen LogP contribution in [0.15, 0.2) is 329 Å². The van der Waals surface area contributed by atoms with Crippen molar-refractivity contribution in [1.82, 2.24) is 59.8 Å². The standard InChI is InChI=1S/4C15H11N3.C14H10/c4*1-3-9-16-13(7-1)12-6-5-11-18-15(12)14-8-2-4-10-17-14;1-2-6-12-10-14-8-4-3-7-13(14)9-11(12)5-1/h4*1-11H;1-10H. The second-order valence-electron chi connectivity index (χ2n) is 18.9. The molecule has 12 heteroatoms. The molecule has 0 amide bonds. The molecule has 12 heterocycles. The molecule has 3 aromatic carbocycles. The summed E-state index contributed by atoms with van der Waals surface area (Å²) in [5, 5.41) is 5.25. The van der Waals surface area contributed by atoms with E-state index in [1.54, 1.807) is 74.4 Å². The minimum atomic E-state index is 0.858. The molecule has 0 spiro atoms. The van der Waals surface area contributed by atoms with Crippen molar-refractivity contribution in [2.24, 2.45) is 0 Å². The topological polar surface area (TPSA) is 155 Å². The number of hydrogen-bond acceptors (Lipinski definition) is 12. The number of pyridine rings is 12. The summed E-state index contributed by atoms with van der Waals surface area (Å²) in [5.74, 6) is 0. The first-order valence-electron chi connectivity index (χ1n) is 27.7. The van der Waals surface area contributed by atoms with Gasteiger partial charge in [0.15, 0.2) is 0 Å². The van der Waals surface area contributed by atoms with Crippen LogP contribution in [0.5, 0.6) is 0 Å². The maximum atomic E-state index is 4.42. The van der Waals surface area contributed by atoms with Crippen LogP contribution >= 0.6 is 0 Å². The maximum absolute atomic E-state index is 4.42. The normalized spacial score (nSPS) is 10.3. The van der Waals surface area contributed by atoms with Crippen LogP contribution in [-0.2, 0) is 0 Å². The lowest BCUT2D eigenvalue weighted by atomic mass is 10.0. The molecule has 15 aromatic rings. The van der Waals surface area contributed by atoms with E-state index in [1.165, 1.54) is 21.5 Å². The van der Waals surface area contributed by atoms with Crippen LogP contribution in [0.1, 0.15) is 0 Å². The largest absolute Gasteiger partial charge is 0.256 e. The average Bonchev–Trinajstić information content (AvgIpc) is 3.13. The van der Waals surface area contributed by atoms with Gasteiger partial charge in [0.25, 0.3) is 0 Å². The van der Waals surface area contributed by atoms with E-state index in [9.17, 15) is 0 Å². The first-order valence-corrected chi connectivity index (χ1v) is 27.7. The quantitative estimate of drug-likeness (QED) is 0.133. The van der Waals surface area contributed by atoms with Crippen molar-refractivity contribution in [1.29, 1.82) is 0 Å². The molecule has 15 rings (SSSR count). The van der Waals surface area contributed by atoms with Crippen molar-refractivity contribution in [3.8, 4) is 90.6 Å². The van der Waals surface area contributed by atoms with Crippen molar-refractivity contribution in [3.63, 3.8) is 0 Å². The van der Waals surface area contributed by atoms with Gasteiger partial charge in [0.1, 0.15) is 0 Å². The molecule has 0 fully saturated rings. The smallest absolute Gasteiger partial charge is 0.0980 e. The molecule has 0 aliphatic carbocycles. The predicted molar refractivity (Wildman–Crippen MR) is 344 cm³/mol. The monoisotopic (exact) mass is 1110 g/mol. The second kappa shape index (κ2) is 29.1. The zero-order valence-corrected chi connectivity index (χ0v) is 46.5. The third-order valence-corrected chi connectivity index (χ3v) is 13.2. The minimum absolute atomic E-state index is 0.858. The van der Waals surface area contributed by atoms with Crippen LogP contribution in [0.2, 0.25) is 0 Å². The Bertz CT molecular complexity index is 3690. The van der Waals surface area contributed by atoms with Crippen molar-refractivity contribution in [3.05, 3.63) is 329 Å². The van der Waals surface area contributed by atoms with E-state index in [0.29, 0.717) is 0 Å². The molecule has 0 atom stereocenters. The van der Waals surface area contributed by atoms with E-state index in [-0.39, 0.29) is 0 Å². The fraction of sp³-hybridized carbons (Fsp3) is 0. The molecule has 0 saturated heterocycles. The number of hydrogen-bond donors (Lipinski definition) is 0. The van der Waals surface area contributed by atoms with Gasteiger partial charge >= 0.3 is 0 Å². The van der Waals surface area contributed by atoms with E-state index >= 15 is 0 Å². The summed E-state index contributed by atoms with van der Waals surface area (Å²) < 4.78 is 0. The number of aromatic nitrogens is 12. The number of fused-ring (bicyclic) bond motifs is 2. The Balaban J connectivity index is 0.000000112. The fourth-order valence-electron chi connectivity index (χ4n) is 9.25. The third kappa shape index (κ3) is 14.5.